The molecule has 4 N–H and O–H groups in total. The molecule has 0 radical (unpaired) electrons. The van der Waals surface area contributed by atoms with Crippen molar-refractivity contribution in [1.29, 1.82) is 0 Å². The van der Waals surface area contributed by atoms with Gasteiger partial charge >= 0.3 is 5.97 Å². The zero-order valence-electron chi connectivity index (χ0n) is 11.0. The third-order valence-corrected chi connectivity index (χ3v) is 3.31. The summed E-state index contributed by atoms with van der Waals surface area (Å²) in [5.41, 5.74) is 1.42. The van der Waals surface area contributed by atoms with Crippen LogP contribution in [0.15, 0.2) is 24.3 Å². The van der Waals surface area contributed by atoms with Gasteiger partial charge in [-0.2, -0.15) is 0 Å². The number of para-hydroxylation sites is 1. The number of carboxylic acids is 1. The van der Waals surface area contributed by atoms with E-state index < -0.39 is 18.1 Å². The maximum atomic E-state index is 12.0. The molecule has 1 fully saturated rings. The molecule has 0 spiro atoms. The Hall–Kier alpha value is -1.92. The number of carboxylic acid groups (broad SMARTS) is 1. The Kier molecular flexibility index (Phi) is 4.70. The van der Waals surface area contributed by atoms with Crippen molar-refractivity contribution in [2.24, 2.45) is 0 Å². The fourth-order valence-corrected chi connectivity index (χ4v) is 2.24. The van der Waals surface area contributed by atoms with E-state index in [-0.39, 0.29) is 12.3 Å². The molecule has 0 bridgehead atoms. The summed E-state index contributed by atoms with van der Waals surface area (Å²) in [6.45, 7) is 0.415. The van der Waals surface area contributed by atoms with E-state index in [1.807, 2.05) is 6.07 Å². The van der Waals surface area contributed by atoms with Crippen LogP contribution in [0.4, 0.5) is 5.69 Å². The summed E-state index contributed by atoms with van der Waals surface area (Å²) >= 11 is 0. The van der Waals surface area contributed by atoms with Gasteiger partial charge in [0, 0.05) is 18.7 Å². The summed E-state index contributed by atoms with van der Waals surface area (Å²) in [5.74, 6) is -1.07. The van der Waals surface area contributed by atoms with Crippen LogP contribution in [-0.4, -0.2) is 40.8 Å². The van der Waals surface area contributed by atoms with Gasteiger partial charge in [0.1, 0.15) is 0 Å². The van der Waals surface area contributed by atoms with E-state index >= 15 is 0 Å². The summed E-state index contributed by atoms with van der Waals surface area (Å²) in [6.07, 6.45) is 0.288. The fourth-order valence-electron chi connectivity index (χ4n) is 2.24. The number of amides is 1. The number of hydrogen-bond acceptors (Lipinski definition) is 4. The number of nitrogens with one attached hydrogen (secondary N) is 2. The fraction of sp³-hybridized carbons (Fsp3) is 0.429. The lowest BCUT2D eigenvalue weighted by Crippen LogP contribution is -2.35. The molecule has 0 aliphatic carbocycles. The number of aryl methyl sites for hydroxylation is 1. The average Bonchev–Trinajstić information content (AvgIpc) is 2.84. The van der Waals surface area contributed by atoms with E-state index in [0.717, 1.165) is 5.56 Å². The van der Waals surface area contributed by atoms with E-state index in [9.17, 15) is 14.7 Å². The van der Waals surface area contributed by atoms with Crippen molar-refractivity contribution < 1.29 is 19.8 Å². The molecule has 6 heteroatoms. The Balaban J connectivity index is 2.01. The van der Waals surface area contributed by atoms with Crippen LogP contribution in [0.5, 0.6) is 0 Å². The molecule has 1 aliphatic rings. The minimum absolute atomic E-state index is 0.0211. The molecule has 6 nitrogen and oxygen atoms in total. The van der Waals surface area contributed by atoms with Crippen LogP contribution in [0.2, 0.25) is 0 Å². The topological polar surface area (TPSA) is 98.7 Å². The summed E-state index contributed by atoms with van der Waals surface area (Å²) in [6, 6.07) is 6.74. The SMILES string of the molecule is O=C(O)CCc1ccccc1NC(=O)C1CC(O)CN1. The first kappa shape index (κ1) is 14.5. The minimum atomic E-state index is -0.869. The van der Waals surface area contributed by atoms with Crippen LogP contribution in [0, 0.1) is 0 Å². The van der Waals surface area contributed by atoms with Crippen molar-refractivity contribution in [1.82, 2.24) is 5.32 Å². The number of anilines is 1. The van der Waals surface area contributed by atoms with Gasteiger partial charge in [-0.25, -0.2) is 0 Å². The van der Waals surface area contributed by atoms with Crippen molar-refractivity contribution in [3.63, 3.8) is 0 Å². The van der Waals surface area contributed by atoms with Crippen LogP contribution >= 0.6 is 0 Å². The Bertz CT molecular complexity index is 504. The van der Waals surface area contributed by atoms with E-state index in [1.165, 1.54) is 0 Å². The molecule has 20 heavy (non-hydrogen) atoms. The molecule has 0 saturated carbocycles. The normalized spacial score (nSPS) is 21.6. The largest absolute Gasteiger partial charge is 0.481 e. The molecular formula is C14H18N2O4. The number of aliphatic hydroxyl groups is 1. The van der Waals surface area contributed by atoms with E-state index in [0.29, 0.717) is 25.1 Å². The van der Waals surface area contributed by atoms with Crippen LogP contribution < -0.4 is 10.6 Å². The third kappa shape index (κ3) is 3.79. The van der Waals surface area contributed by atoms with Gasteiger partial charge in [-0.15, -0.1) is 0 Å². The molecule has 2 unspecified atom stereocenters. The van der Waals surface area contributed by atoms with Gasteiger partial charge in [-0.1, -0.05) is 18.2 Å². The van der Waals surface area contributed by atoms with E-state index in [4.69, 9.17) is 5.11 Å². The molecular weight excluding hydrogens is 260 g/mol. The Morgan fingerprint density at radius 3 is 2.75 bits per heavy atom. The van der Waals surface area contributed by atoms with Gasteiger partial charge in [-0.05, 0) is 24.5 Å². The molecule has 0 aromatic heterocycles. The molecule has 1 saturated heterocycles. The quantitative estimate of drug-likeness (QED) is 0.623. The smallest absolute Gasteiger partial charge is 0.303 e. The minimum Gasteiger partial charge on any atom is -0.481 e. The number of aliphatic hydroxyl groups excluding tert-OH is 1. The standard InChI is InChI=1S/C14H18N2O4/c17-10-7-12(15-8-10)14(20)16-11-4-2-1-3-9(11)5-6-13(18)19/h1-4,10,12,15,17H,5-8H2,(H,16,20)(H,18,19). The zero-order chi connectivity index (χ0) is 14.5. The number of aliphatic carboxylic acids is 1. The molecule has 2 rings (SSSR count). The third-order valence-electron chi connectivity index (χ3n) is 3.31. The van der Waals surface area contributed by atoms with Crippen LogP contribution in [0.25, 0.3) is 0 Å². The highest BCUT2D eigenvalue weighted by atomic mass is 16.4. The predicted octanol–water partition coefficient (Wildman–Crippen LogP) is 0.365. The van der Waals surface area contributed by atoms with Crippen LogP contribution in [0.1, 0.15) is 18.4 Å². The first-order valence-corrected chi connectivity index (χ1v) is 6.58. The van der Waals surface area contributed by atoms with Gasteiger partial charge in [-0.3, -0.25) is 9.59 Å². The Labute approximate surface area is 116 Å². The first-order valence-electron chi connectivity index (χ1n) is 6.58. The van der Waals surface area contributed by atoms with Crippen molar-refractivity contribution in [2.75, 3.05) is 11.9 Å². The van der Waals surface area contributed by atoms with Crippen molar-refractivity contribution in [2.45, 2.75) is 31.4 Å². The maximum absolute atomic E-state index is 12.0. The highest BCUT2D eigenvalue weighted by Gasteiger charge is 2.28. The second kappa shape index (κ2) is 6.49. The van der Waals surface area contributed by atoms with Crippen molar-refractivity contribution in [3.05, 3.63) is 29.8 Å². The molecule has 1 aliphatic heterocycles. The summed E-state index contributed by atoms with van der Waals surface area (Å²) in [4.78, 5) is 22.7. The maximum Gasteiger partial charge on any atom is 0.303 e. The molecule has 1 amide bonds. The van der Waals surface area contributed by atoms with Gasteiger partial charge in [0.25, 0.3) is 0 Å². The molecule has 1 aromatic rings. The molecule has 1 heterocycles. The number of hydrogen-bond donors (Lipinski definition) is 4. The van der Waals surface area contributed by atoms with Crippen molar-refractivity contribution in [3.8, 4) is 0 Å². The number of β-amino-alcohol motifs (C(OH)–C–C–N with tert-alkyl or cyclic N) is 1. The molecule has 2 atom stereocenters. The first-order chi connectivity index (χ1) is 9.56. The number of benzene rings is 1. The number of rotatable bonds is 5. The number of carbonyl (C=O) groups excluding carboxylic acids is 1. The zero-order valence-corrected chi connectivity index (χ0v) is 11.0. The van der Waals surface area contributed by atoms with Gasteiger partial charge < -0.3 is 20.8 Å². The van der Waals surface area contributed by atoms with Gasteiger partial charge in [0.05, 0.1) is 12.1 Å². The van der Waals surface area contributed by atoms with Crippen molar-refractivity contribution >= 4 is 17.6 Å². The van der Waals surface area contributed by atoms with Crippen LogP contribution in [-0.2, 0) is 16.0 Å². The lowest BCUT2D eigenvalue weighted by molar-refractivity contribution is -0.136. The summed E-state index contributed by atoms with van der Waals surface area (Å²) in [5, 5.41) is 23.9. The lowest BCUT2D eigenvalue weighted by Gasteiger charge is -2.14. The van der Waals surface area contributed by atoms with Gasteiger partial charge in [0.2, 0.25) is 5.91 Å². The second-order valence-electron chi connectivity index (χ2n) is 4.89. The predicted molar refractivity (Wildman–Crippen MR) is 73.4 cm³/mol. The van der Waals surface area contributed by atoms with E-state index in [1.54, 1.807) is 18.2 Å². The summed E-state index contributed by atoms with van der Waals surface area (Å²) < 4.78 is 0. The van der Waals surface area contributed by atoms with E-state index in [2.05, 4.69) is 10.6 Å². The van der Waals surface area contributed by atoms with Crippen LogP contribution in [0.3, 0.4) is 0 Å². The highest BCUT2D eigenvalue weighted by Crippen LogP contribution is 2.18. The monoisotopic (exact) mass is 278 g/mol. The summed E-state index contributed by atoms with van der Waals surface area (Å²) in [7, 11) is 0. The lowest BCUT2D eigenvalue weighted by atomic mass is 10.1. The Morgan fingerprint density at radius 2 is 2.10 bits per heavy atom. The number of carbonyl (C=O) groups is 2. The highest BCUT2D eigenvalue weighted by molar-refractivity contribution is 5.95. The Morgan fingerprint density at radius 1 is 1.35 bits per heavy atom. The average molecular weight is 278 g/mol. The second-order valence-corrected chi connectivity index (χ2v) is 4.89. The molecule has 1 aromatic carbocycles. The molecule has 108 valence electrons. The van der Waals surface area contributed by atoms with Gasteiger partial charge in [0.15, 0.2) is 0 Å².